The second-order valence-corrected chi connectivity index (χ2v) is 4.14. The summed E-state index contributed by atoms with van der Waals surface area (Å²) in [4.78, 5) is 25.2. The number of carbonyl (C=O) groups excluding carboxylic acids is 2. The van der Waals surface area contributed by atoms with Gasteiger partial charge in [-0.3, -0.25) is 9.59 Å². The molecule has 1 aromatic rings. The number of carbonyl (C=O) groups is 2. The third-order valence-electron chi connectivity index (χ3n) is 3.18. The first-order valence-corrected chi connectivity index (χ1v) is 5.09. The van der Waals surface area contributed by atoms with Crippen molar-refractivity contribution in [2.45, 2.75) is 12.3 Å². The Morgan fingerprint density at radius 1 is 1.47 bits per heavy atom. The molecule has 17 heavy (non-hydrogen) atoms. The highest BCUT2D eigenvalue weighted by Gasteiger charge is 2.52. The zero-order valence-electron chi connectivity index (χ0n) is 9.78. The molecule has 0 bridgehead atoms. The molecule has 5 heteroatoms. The lowest BCUT2D eigenvalue weighted by Gasteiger charge is -2.19. The van der Waals surface area contributed by atoms with Crippen molar-refractivity contribution < 1.29 is 18.7 Å². The lowest BCUT2D eigenvalue weighted by Crippen LogP contribution is -2.43. The second kappa shape index (κ2) is 3.55. The molecule has 1 aliphatic heterocycles. The molecule has 1 aliphatic rings. The number of fused-ring (bicyclic) bond motifs is 1. The number of halogens is 1. The van der Waals surface area contributed by atoms with E-state index < -0.39 is 23.1 Å². The second-order valence-electron chi connectivity index (χ2n) is 4.14. The quantitative estimate of drug-likeness (QED) is 0.545. The van der Waals surface area contributed by atoms with Gasteiger partial charge in [-0.25, -0.2) is 4.39 Å². The van der Waals surface area contributed by atoms with Crippen molar-refractivity contribution in [1.82, 2.24) is 0 Å². The number of ether oxygens (including phenoxy) is 1. The molecule has 0 aliphatic carbocycles. The van der Waals surface area contributed by atoms with Gasteiger partial charge in [0.05, 0.1) is 7.11 Å². The predicted molar refractivity (Wildman–Crippen MR) is 59.2 cm³/mol. The fourth-order valence-corrected chi connectivity index (χ4v) is 2.16. The molecular formula is C12H12FNO3. The van der Waals surface area contributed by atoms with Crippen LogP contribution in [0.2, 0.25) is 0 Å². The van der Waals surface area contributed by atoms with Crippen molar-refractivity contribution in [3.8, 4) is 0 Å². The van der Waals surface area contributed by atoms with Gasteiger partial charge < -0.3 is 9.64 Å². The number of nitrogens with zero attached hydrogens (tertiary/aromatic N) is 1. The Balaban J connectivity index is 2.69. The Hall–Kier alpha value is -1.91. The number of methoxy groups -OCH3 is 1. The molecule has 1 amide bonds. The Bertz CT molecular complexity index is 514. The fourth-order valence-electron chi connectivity index (χ4n) is 2.16. The van der Waals surface area contributed by atoms with Gasteiger partial charge in [0.25, 0.3) is 0 Å². The maximum Gasteiger partial charge on any atom is 0.325 e. The summed E-state index contributed by atoms with van der Waals surface area (Å²) >= 11 is 0. The number of likely N-dealkylation sites (N-methyl/N-ethyl adjacent to an activating group) is 1. The Morgan fingerprint density at radius 2 is 2.12 bits per heavy atom. The van der Waals surface area contributed by atoms with Gasteiger partial charge in [0.1, 0.15) is 5.82 Å². The van der Waals surface area contributed by atoms with E-state index in [1.165, 1.54) is 37.1 Å². The molecule has 0 aromatic heterocycles. The SMILES string of the molecule is COC(=O)[C@]1(C)C(=O)N(C)c2ccc(F)cc21. The smallest absolute Gasteiger partial charge is 0.325 e. The third kappa shape index (κ3) is 1.35. The third-order valence-corrected chi connectivity index (χ3v) is 3.18. The number of anilines is 1. The maximum atomic E-state index is 13.2. The zero-order chi connectivity index (χ0) is 12.8. The number of amides is 1. The van der Waals surface area contributed by atoms with Crippen molar-refractivity contribution >= 4 is 17.6 Å². The van der Waals surface area contributed by atoms with E-state index in [1.807, 2.05) is 0 Å². The molecule has 0 saturated carbocycles. The van der Waals surface area contributed by atoms with Crippen LogP contribution in [0.3, 0.4) is 0 Å². The van der Waals surface area contributed by atoms with Crippen LogP contribution >= 0.6 is 0 Å². The van der Waals surface area contributed by atoms with Crippen molar-refractivity contribution in [3.05, 3.63) is 29.6 Å². The summed E-state index contributed by atoms with van der Waals surface area (Å²) in [6.45, 7) is 1.45. The fraction of sp³-hybridized carbons (Fsp3) is 0.333. The van der Waals surface area contributed by atoms with Crippen LogP contribution in [0.5, 0.6) is 0 Å². The molecule has 0 unspecified atom stereocenters. The average molecular weight is 237 g/mol. The van der Waals surface area contributed by atoms with Crippen LogP contribution in [0.15, 0.2) is 18.2 Å². The normalized spacial score (nSPS) is 22.6. The van der Waals surface area contributed by atoms with Gasteiger partial charge in [0, 0.05) is 18.3 Å². The monoisotopic (exact) mass is 237 g/mol. The minimum Gasteiger partial charge on any atom is -0.468 e. The summed E-state index contributed by atoms with van der Waals surface area (Å²) in [6, 6.07) is 3.94. The molecule has 1 heterocycles. The van der Waals surface area contributed by atoms with E-state index in [0.29, 0.717) is 11.3 Å². The number of hydrogen-bond donors (Lipinski definition) is 0. The van der Waals surface area contributed by atoms with Crippen LogP contribution in [-0.4, -0.2) is 26.0 Å². The molecule has 1 atom stereocenters. The van der Waals surface area contributed by atoms with E-state index >= 15 is 0 Å². The molecule has 0 N–H and O–H groups in total. The summed E-state index contributed by atoms with van der Waals surface area (Å²) in [5.41, 5.74) is -0.581. The van der Waals surface area contributed by atoms with Crippen LogP contribution in [0.1, 0.15) is 12.5 Å². The summed E-state index contributed by atoms with van der Waals surface area (Å²) < 4.78 is 17.9. The van der Waals surface area contributed by atoms with Crippen molar-refractivity contribution in [1.29, 1.82) is 0 Å². The number of hydrogen-bond acceptors (Lipinski definition) is 3. The van der Waals surface area contributed by atoms with E-state index in [9.17, 15) is 14.0 Å². The summed E-state index contributed by atoms with van der Waals surface area (Å²) in [6.07, 6.45) is 0. The number of esters is 1. The number of rotatable bonds is 1. The first-order chi connectivity index (χ1) is 7.92. The molecule has 0 radical (unpaired) electrons. The van der Waals surface area contributed by atoms with Gasteiger partial charge in [-0.2, -0.15) is 0 Å². The van der Waals surface area contributed by atoms with Gasteiger partial charge in [-0.15, -0.1) is 0 Å². The molecule has 0 fully saturated rings. The maximum absolute atomic E-state index is 13.2. The Labute approximate surface area is 98.0 Å². The van der Waals surface area contributed by atoms with E-state index in [-0.39, 0.29) is 0 Å². The van der Waals surface area contributed by atoms with Crippen molar-refractivity contribution in [2.24, 2.45) is 0 Å². The molecule has 0 saturated heterocycles. The van der Waals surface area contributed by atoms with E-state index in [1.54, 1.807) is 7.05 Å². The highest BCUT2D eigenvalue weighted by molar-refractivity contribution is 6.19. The Kier molecular flexibility index (Phi) is 2.41. The Morgan fingerprint density at radius 3 is 2.71 bits per heavy atom. The van der Waals surface area contributed by atoms with Gasteiger partial charge in [-0.1, -0.05) is 0 Å². The first-order valence-electron chi connectivity index (χ1n) is 5.09. The van der Waals surface area contributed by atoms with E-state index in [0.717, 1.165) is 0 Å². The van der Waals surface area contributed by atoms with Gasteiger partial charge >= 0.3 is 5.97 Å². The minimum atomic E-state index is -1.46. The molecule has 1 aromatic carbocycles. The van der Waals surface area contributed by atoms with Crippen LogP contribution in [0.25, 0.3) is 0 Å². The molecule has 0 spiro atoms. The lowest BCUT2D eigenvalue weighted by molar-refractivity contribution is -0.150. The highest BCUT2D eigenvalue weighted by atomic mass is 19.1. The van der Waals surface area contributed by atoms with E-state index in [2.05, 4.69) is 4.74 Å². The largest absolute Gasteiger partial charge is 0.468 e. The minimum absolute atomic E-state index is 0.344. The van der Waals surface area contributed by atoms with Crippen LogP contribution in [0, 0.1) is 5.82 Å². The molecule has 4 nitrogen and oxygen atoms in total. The summed E-state index contributed by atoms with van der Waals surface area (Å²) in [5, 5.41) is 0. The van der Waals surface area contributed by atoms with Crippen LogP contribution < -0.4 is 4.90 Å². The van der Waals surface area contributed by atoms with Crippen molar-refractivity contribution in [3.63, 3.8) is 0 Å². The first kappa shape index (κ1) is 11.6. The lowest BCUT2D eigenvalue weighted by atomic mass is 9.84. The molecular weight excluding hydrogens is 225 g/mol. The highest BCUT2D eigenvalue weighted by Crippen LogP contribution is 2.41. The van der Waals surface area contributed by atoms with E-state index in [4.69, 9.17) is 0 Å². The van der Waals surface area contributed by atoms with Crippen molar-refractivity contribution in [2.75, 3.05) is 19.1 Å². The topological polar surface area (TPSA) is 46.6 Å². The average Bonchev–Trinajstić information content (AvgIpc) is 2.51. The summed E-state index contributed by atoms with van der Waals surface area (Å²) in [7, 11) is 2.76. The van der Waals surface area contributed by atoms with Gasteiger partial charge in [-0.05, 0) is 25.1 Å². The number of benzene rings is 1. The van der Waals surface area contributed by atoms with Gasteiger partial charge in [0.15, 0.2) is 5.41 Å². The standard InChI is InChI=1S/C12H12FNO3/c1-12(11(16)17-3)8-6-7(13)4-5-9(8)14(2)10(12)15/h4-6H,1-3H3/t12-/m0/s1. The molecule has 90 valence electrons. The zero-order valence-corrected chi connectivity index (χ0v) is 9.78. The van der Waals surface area contributed by atoms with Crippen LogP contribution in [0.4, 0.5) is 10.1 Å². The molecule has 2 rings (SSSR count). The summed E-state index contributed by atoms with van der Waals surface area (Å²) in [5.74, 6) is -1.58. The van der Waals surface area contributed by atoms with Gasteiger partial charge in [0.2, 0.25) is 5.91 Å². The predicted octanol–water partition coefficient (Wildman–Crippen LogP) is 1.23. The van der Waals surface area contributed by atoms with Crippen LogP contribution in [-0.2, 0) is 19.7 Å².